The number of nitrogens with zero attached hydrogens (tertiary/aromatic N) is 1. The number of unbranched alkanes of at least 4 members (excludes halogenated alkanes) is 1. The molecule has 0 saturated heterocycles. The number of allylic oxidation sites excluding steroid dienone is 16. The Morgan fingerprint density at radius 3 is 1.53 bits per heavy atom. The number of hydrogen-bond donors (Lipinski definition) is 14. The van der Waals surface area contributed by atoms with Crippen molar-refractivity contribution < 1.29 is 87.7 Å². The van der Waals surface area contributed by atoms with E-state index < -0.39 is 108 Å². The number of carbonyl (C=O) groups is 2. The van der Waals surface area contributed by atoms with Crippen molar-refractivity contribution in [2.75, 3.05) is 13.7 Å². The Morgan fingerprint density at radius 1 is 0.535 bits per heavy atom. The monoisotopic (exact) mass is 1230 g/mol. The Hall–Kier alpha value is -5.54. The van der Waals surface area contributed by atoms with Gasteiger partial charge in [-0.1, -0.05) is 173 Å². The van der Waals surface area contributed by atoms with Gasteiger partial charge in [-0.15, -0.1) is 0 Å². The second kappa shape index (κ2) is 48.5. The van der Waals surface area contributed by atoms with E-state index in [4.69, 9.17) is 15.7 Å². The summed E-state index contributed by atoms with van der Waals surface area (Å²) in [6.07, 6.45) is 31.6. The van der Waals surface area contributed by atoms with E-state index in [1.165, 1.54) is 44.4 Å². The number of esters is 1. The lowest BCUT2D eigenvalue weighted by Gasteiger charge is -2.25. The van der Waals surface area contributed by atoms with Crippen LogP contribution in [0.4, 0.5) is 0 Å². The lowest BCUT2D eigenvalue weighted by Crippen LogP contribution is -2.32. The normalized spacial score (nSPS) is 18.8. The third-order valence-electron chi connectivity index (χ3n) is 13.2. The topological polar surface area (TPSA) is 394 Å². The Labute approximate surface area is 509 Å². The van der Waals surface area contributed by atoms with Crippen LogP contribution in [-0.2, 0) is 28.9 Å². The van der Waals surface area contributed by atoms with Crippen LogP contribution >= 0.6 is 0 Å². The number of nitrogens with two attached hydrogens (primary N) is 2. The summed E-state index contributed by atoms with van der Waals surface area (Å²) in [5.74, 6) is -2.67. The second-order valence-electron chi connectivity index (χ2n) is 21.2. The molecule has 0 amide bonds. The predicted molar refractivity (Wildman–Crippen MR) is 336 cm³/mol. The minimum Gasteiger partial charge on any atom is -0.466 e. The Balaban J connectivity index is 4.79. The van der Waals surface area contributed by atoms with Crippen molar-refractivity contribution in [3.63, 3.8) is 0 Å². The molecule has 0 bridgehead atoms. The Bertz CT molecular complexity index is 2420. The number of hydrogen-bond acceptors (Lipinski definition) is 18. The standard InChI is InChI=1S/C64H101N3O18S/c1-46(28-20-16-12-11-13-17-21-29-47(2)63(80)84-5)62(79)49(4)59(77)37-22-18-14-9-7-6-8-10-15-19-23-38-61(85-86(81,82)83)48(3)60(78)45-58(76)44-55(73)35-26-31-51(69)40-50(68)30-24-33-53(71)42-57(75)43-54(72)34-25-32-52(70)41-56(74)36-27-39-67-64(65)66/h6-11,13-15,17-26,28-30,34-35,37,46,48-59,61-62,68-77,79H,12,16,27,31-33,36,38-45H2,1-5H3,(H4,65,66,67)(H,81,82,83). The summed E-state index contributed by atoms with van der Waals surface area (Å²) in [5, 5.41) is 114. The van der Waals surface area contributed by atoms with E-state index in [-0.39, 0.29) is 75.6 Å². The van der Waals surface area contributed by atoms with Gasteiger partial charge in [0.15, 0.2) is 5.96 Å². The molecule has 0 aliphatic rings. The van der Waals surface area contributed by atoms with E-state index in [0.717, 1.165) is 12.8 Å². The van der Waals surface area contributed by atoms with Crippen LogP contribution in [0.15, 0.2) is 162 Å². The average Bonchev–Trinajstić information content (AvgIpc) is 3.56. The maximum absolute atomic E-state index is 13.1. The molecular formula is C64H101N3O18S. The van der Waals surface area contributed by atoms with E-state index in [1.807, 2.05) is 37.3 Å². The first-order chi connectivity index (χ1) is 40.6. The largest absolute Gasteiger partial charge is 0.466 e. The zero-order valence-electron chi connectivity index (χ0n) is 50.5. The summed E-state index contributed by atoms with van der Waals surface area (Å²) >= 11 is 0. The lowest BCUT2D eigenvalue weighted by atomic mass is 9.88. The van der Waals surface area contributed by atoms with Crippen molar-refractivity contribution >= 4 is 28.1 Å². The third kappa shape index (κ3) is 44.8. The Kier molecular flexibility index (Phi) is 45.3. The van der Waals surface area contributed by atoms with E-state index in [0.29, 0.717) is 25.0 Å². The van der Waals surface area contributed by atoms with Gasteiger partial charge in [0.2, 0.25) is 0 Å². The van der Waals surface area contributed by atoms with Crippen molar-refractivity contribution in [3.8, 4) is 0 Å². The van der Waals surface area contributed by atoms with Gasteiger partial charge in [-0.2, -0.15) is 8.42 Å². The smallest absolute Gasteiger partial charge is 0.397 e. The van der Waals surface area contributed by atoms with Crippen molar-refractivity contribution in [2.24, 2.45) is 34.2 Å². The molecule has 0 saturated carbocycles. The lowest BCUT2D eigenvalue weighted by molar-refractivity contribution is -0.136. The number of aliphatic imine (C=N–C) groups is 1. The fraction of sp³-hybridized carbons (Fsp3) is 0.547. The molecule has 0 heterocycles. The zero-order chi connectivity index (χ0) is 64.9. The first-order valence-electron chi connectivity index (χ1n) is 29.1. The number of methoxy groups -OCH3 is 1. The molecule has 21 nitrogen and oxygen atoms in total. The molecule has 0 aromatic heterocycles. The number of aliphatic hydroxyl groups is 11. The van der Waals surface area contributed by atoms with Crippen LogP contribution in [0.1, 0.15) is 118 Å². The van der Waals surface area contributed by atoms with Crippen LogP contribution in [-0.4, -0.2) is 174 Å². The molecular weight excluding hydrogens is 1130 g/mol. The van der Waals surface area contributed by atoms with Crippen LogP contribution in [0, 0.1) is 17.8 Å². The summed E-state index contributed by atoms with van der Waals surface area (Å²) in [7, 11) is -3.62. The fourth-order valence-corrected chi connectivity index (χ4v) is 8.79. The average molecular weight is 1230 g/mol. The van der Waals surface area contributed by atoms with Crippen LogP contribution in [0.3, 0.4) is 0 Å². The SMILES string of the molecule is COC(=O)C(C)=CC=CC=CCCC=CC(C)C(O)C(C)C(O)C=CC=CC=CC=CC=CC=CCC(OS(=O)(=O)O)C(C)C(=O)CC(O)CC(O)C=CCC(O)CC(O)C=CCC(O)CC(O)CC(O)C=CCC(O)CC(O)CCCN=C(N)N. The number of carbonyl (C=O) groups excluding carboxylic acids is 2. The minimum atomic E-state index is -4.95. The van der Waals surface area contributed by atoms with Gasteiger partial charge in [-0.25, -0.2) is 8.98 Å². The number of Topliss-reactive ketones (excluding diaryl/α,β-unsaturated/α-hetero) is 1. The van der Waals surface area contributed by atoms with Crippen LogP contribution in [0.2, 0.25) is 0 Å². The van der Waals surface area contributed by atoms with Gasteiger partial charge in [-0.3, -0.25) is 14.3 Å². The molecule has 0 aromatic rings. The molecule has 0 fully saturated rings. The molecule has 16 N–H and O–H groups in total. The van der Waals surface area contributed by atoms with E-state index >= 15 is 0 Å². The molecule has 0 aromatic carbocycles. The molecule has 0 aliphatic carbocycles. The quantitative estimate of drug-likeness (QED) is 0.00547. The summed E-state index contributed by atoms with van der Waals surface area (Å²) in [6.45, 7) is 7.11. The second-order valence-corrected chi connectivity index (χ2v) is 22.3. The highest BCUT2D eigenvalue weighted by Gasteiger charge is 2.30. The molecule has 0 aliphatic heterocycles. The fourth-order valence-electron chi connectivity index (χ4n) is 8.23. The minimum absolute atomic E-state index is 0.0213. The molecule has 0 radical (unpaired) electrons. The van der Waals surface area contributed by atoms with Gasteiger partial charge in [0.25, 0.3) is 0 Å². The molecule has 86 heavy (non-hydrogen) atoms. The number of ether oxygens (including phenoxy) is 1. The maximum Gasteiger partial charge on any atom is 0.397 e. The Morgan fingerprint density at radius 2 is 1.00 bits per heavy atom. The van der Waals surface area contributed by atoms with E-state index in [1.54, 1.807) is 105 Å². The van der Waals surface area contributed by atoms with Crippen LogP contribution < -0.4 is 11.5 Å². The molecule has 486 valence electrons. The third-order valence-corrected chi connectivity index (χ3v) is 13.7. The van der Waals surface area contributed by atoms with Gasteiger partial charge < -0.3 is 72.4 Å². The first-order valence-corrected chi connectivity index (χ1v) is 30.5. The zero-order valence-corrected chi connectivity index (χ0v) is 51.3. The van der Waals surface area contributed by atoms with Gasteiger partial charge in [0, 0.05) is 55.6 Å². The van der Waals surface area contributed by atoms with Crippen molar-refractivity contribution in [3.05, 3.63) is 157 Å². The molecule has 15 atom stereocenters. The summed E-state index contributed by atoms with van der Waals surface area (Å²) in [4.78, 5) is 28.3. The molecule has 22 heteroatoms. The maximum atomic E-state index is 13.1. The van der Waals surface area contributed by atoms with Crippen LogP contribution in [0.5, 0.6) is 0 Å². The van der Waals surface area contributed by atoms with Gasteiger partial charge in [0.05, 0.1) is 80.4 Å². The highest BCUT2D eigenvalue weighted by molar-refractivity contribution is 7.80. The van der Waals surface area contributed by atoms with Crippen molar-refractivity contribution in [1.29, 1.82) is 0 Å². The highest BCUT2D eigenvalue weighted by Crippen LogP contribution is 2.21. The van der Waals surface area contributed by atoms with Gasteiger partial charge in [-0.05, 0) is 71.1 Å². The number of aliphatic hydroxyl groups excluding tert-OH is 11. The van der Waals surface area contributed by atoms with Crippen molar-refractivity contribution in [2.45, 2.75) is 191 Å². The van der Waals surface area contributed by atoms with Gasteiger partial charge in [0.1, 0.15) is 5.78 Å². The predicted octanol–water partition coefficient (Wildman–Crippen LogP) is 5.15. The number of guanidine groups is 1. The molecule has 0 rings (SSSR count). The van der Waals surface area contributed by atoms with Crippen LogP contribution in [0.25, 0.3) is 0 Å². The summed E-state index contributed by atoms with van der Waals surface area (Å²) in [5.41, 5.74) is 11.0. The van der Waals surface area contributed by atoms with Gasteiger partial charge >= 0.3 is 16.4 Å². The summed E-state index contributed by atoms with van der Waals surface area (Å²) in [6, 6.07) is 0. The number of ketones is 1. The summed E-state index contributed by atoms with van der Waals surface area (Å²) < 4.78 is 42.1. The number of rotatable bonds is 47. The van der Waals surface area contributed by atoms with E-state index in [2.05, 4.69) is 9.73 Å². The molecule has 0 spiro atoms. The first kappa shape index (κ1) is 80.5. The molecule has 15 unspecified atom stereocenters. The van der Waals surface area contributed by atoms with Crippen molar-refractivity contribution in [1.82, 2.24) is 0 Å². The van der Waals surface area contributed by atoms with E-state index in [9.17, 15) is 78.7 Å². The highest BCUT2D eigenvalue weighted by atomic mass is 32.3.